The van der Waals surface area contributed by atoms with Crippen LogP contribution in [0.3, 0.4) is 0 Å². The molecule has 0 saturated heterocycles. The predicted octanol–water partition coefficient (Wildman–Crippen LogP) is 5.30. The van der Waals surface area contributed by atoms with Gasteiger partial charge in [0.2, 0.25) is 0 Å². The molecule has 0 bridgehead atoms. The Kier molecular flexibility index (Phi) is 5.14. The Balaban J connectivity index is 1.86. The zero-order chi connectivity index (χ0) is 12.8. The van der Waals surface area contributed by atoms with Crippen molar-refractivity contribution in [3.05, 3.63) is 34.9 Å². The van der Waals surface area contributed by atoms with Gasteiger partial charge >= 0.3 is 0 Å². The molecule has 0 unspecified atom stereocenters. The minimum absolute atomic E-state index is 0.605. The van der Waals surface area contributed by atoms with Crippen LogP contribution in [0.15, 0.2) is 24.3 Å². The average Bonchev–Trinajstić information content (AvgIpc) is 2.40. The van der Waals surface area contributed by atoms with Crippen LogP contribution in [0.25, 0.3) is 0 Å². The Bertz CT molecular complexity index is 413. The van der Waals surface area contributed by atoms with E-state index < -0.39 is 0 Å². The van der Waals surface area contributed by atoms with Gasteiger partial charge in [0.05, 0.1) is 0 Å². The van der Waals surface area contributed by atoms with E-state index in [-0.39, 0.29) is 0 Å². The lowest BCUT2D eigenvalue weighted by Crippen LogP contribution is -2.13. The standard InChI is InChI=1S/C17H21Cl/c1-2-3-14-4-6-15(7-5-14)8-9-16-10-12-17(18)13-11-16/h10-15H,2-7H2,1H3/t14-,15-. The molecule has 1 aliphatic rings. The molecule has 0 aliphatic heterocycles. The van der Waals surface area contributed by atoms with E-state index in [9.17, 15) is 0 Å². The van der Waals surface area contributed by atoms with Crippen LogP contribution in [0.4, 0.5) is 0 Å². The smallest absolute Gasteiger partial charge is 0.0406 e. The van der Waals surface area contributed by atoms with E-state index in [0.29, 0.717) is 5.92 Å². The molecule has 0 nitrogen and oxygen atoms in total. The fraction of sp³-hybridized carbons (Fsp3) is 0.529. The first kappa shape index (κ1) is 13.5. The van der Waals surface area contributed by atoms with Gasteiger partial charge in [-0.1, -0.05) is 43.2 Å². The summed E-state index contributed by atoms with van der Waals surface area (Å²) < 4.78 is 0. The van der Waals surface area contributed by atoms with Crippen LogP contribution >= 0.6 is 11.6 Å². The molecule has 1 aliphatic carbocycles. The summed E-state index contributed by atoms with van der Waals surface area (Å²) in [7, 11) is 0. The van der Waals surface area contributed by atoms with Crippen molar-refractivity contribution >= 4 is 11.6 Å². The number of hydrogen-bond donors (Lipinski definition) is 0. The minimum Gasteiger partial charge on any atom is -0.0945 e. The Morgan fingerprint density at radius 2 is 1.78 bits per heavy atom. The molecule has 0 atom stereocenters. The Labute approximate surface area is 116 Å². The van der Waals surface area contributed by atoms with Crippen LogP contribution in [-0.2, 0) is 0 Å². The fourth-order valence-corrected chi connectivity index (χ4v) is 2.85. The van der Waals surface area contributed by atoms with E-state index >= 15 is 0 Å². The first-order valence-electron chi connectivity index (χ1n) is 7.05. The van der Waals surface area contributed by atoms with Gasteiger partial charge in [0.25, 0.3) is 0 Å². The summed E-state index contributed by atoms with van der Waals surface area (Å²) in [4.78, 5) is 0. The van der Waals surface area contributed by atoms with Crippen molar-refractivity contribution in [2.75, 3.05) is 0 Å². The highest BCUT2D eigenvalue weighted by molar-refractivity contribution is 6.30. The predicted molar refractivity (Wildman–Crippen MR) is 78.7 cm³/mol. The van der Waals surface area contributed by atoms with Crippen LogP contribution < -0.4 is 0 Å². The zero-order valence-corrected chi connectivity index (χ0v) is 11.8. The molecule has 1 aromatic rings. The van der Waals surface area contributed by atoms with Gasteiger partial charge in [0, 0.05) is 16.5 Å². The Hall–Kier alpha value is -0.930. The summed E-state index contributed by atoms with van der Waals surface area (Å²) in [6.45, 7) is 2.28. The third-order valence-corrected chi connectivity index (χ3v) is 4.06. The summed E-state index contributed by atoms with van der Waals surface area (Å²) in [6, 6.07) is 7.81. The van der Waals surface area contributed by atoms with Crippen LogP contribution in [-0.4, -0.2) is 0 Å². The highest BCUT2D eigenvalue weighted by Gasteiger charge is 2.18. The van der Waals surface area contributed by atoms with Crippen molar-refractivity contribution in [1.82, 2.24) is 0 Å². The van der Waals surface area contributed by atoms with Crippen LogP contribution in [0.2, 0.25) is 5.02 Å². The molecule has 1 heteroatoms. The highest BCUT2D eigenvalue weighted by atomic mass is 35.5. The molecule has 96 valence electrons. The zero-order valence-electron chi connectivity index (χ0n) is 11.1. The maximum Gasteiger partial charge on any atom is 0.0406 e. The molecule has 1 aromatic carbocycles. The summed E-state index contributed by atoms with van der Waals surface area (Å²) >= 11 is 5.86. The quantitative estimate of drug-likeness (QED) is 0.633. The van der Waals surface area contributed by atoms with E-state index in [1.807, 2.05) is 24.3 Å². The SMILES string of the molecule is CCC[C@H]1CC[C@H](C#Cc2ccc(Cl)cc2)CC1. The van der Waals surface area contributed by atoms with E-state index in [1.165, 1.54) is 38.5 Å². The largest absolute Gasteiger partial charge is 0.0945 e. The molecule has 2 rings (SSSR count). The highest BCUT2D eigenvalue weighted by Crippen LogP contribution is 2.31. The van der Waals surface area contributed by atoms with E-state index in [0.717, 1.165) is 16.5 Å². The molecule has 18 heavy (non-hydrogen) atoms. The second-order valence-corrected chi connectivity index (χ2v) is 5.72. The van der Waals surface area contributed by atoms with Crippen molar-refractivity contribution in [1.29, 1.82) is 0 Å². The average molecular weight is 261 g/mol. The number of benzene rings is 1. The van der Waals surface area contributed by atoms with Gasteiger partial charge in [-0.25, -0.2) is 0 Å². The summed E-state index contributed by atoms with van der Waals surface area (Å²) in [5, 5.41) is 0.778. The number of halogens is 1. The third-order valence-electron chi connectivity index (χ3n) is 3.81. The van der Waals surface area contributed by atoms with E-state index in [2.05, 4.69) is 18.8 Å². The van der Waals surface area contributed by atoms with Crippen molar-refractivity contribution in [2.24, 2.45) is 11.8 Å². The van der Waals surface area contributed by atoms with Gasteiger partial charge in [-0.15, -0.1) is 0 Å². The molecule has 0 N–H and O–H groups in total. The van der Waals surface area contributed by atoms with Gasteiger partial charge in [0.1, 0.15) is 0 Å². The molecular formula is C17H21Cl. The molecule has 1 fully saturated rings. The molecule has 0 amide bonds. The molecular weight excluding hydrogens is 240 g/mol. The van der Waals surface area contributed by atoms with Crippen LogP contribution in [0.5, 0.6) is 0 Å². The van der Waals surface area contributed by atoms with Crippen molar-refractivity contribution < 1.29 is 0 Å². The maximum absolute atomic E-state index is 5.86. The molecule has 0 radical (unpaired) electrons. The molecule has 0 heterocycles. The van der Waals surface area contributed by atoms with Crippen molar-refractivity contribution in [3.8, 4) is 11.8 Å². The van der Waals surface area contributed by atoms with Crippen LogP contribution in [0.1, 0.15) is 51.0 Å². The lowest BCUT2D eigenvalue weighted by molar-refractivity contribution is 0.300. The Morgan fingerprint density at radius 1 is 1.11 bits per heavy atom. The van der Waals surface area contributed by atoms with Gasteiger partial charge in [0.15, 0.2) is 0 Å². The Morgan fingerprint density at radius 3 is 2.39 bits per heavy atom. The molecule has 0 spiro atoms. The monoisotopic (exact) mass is 260 g/mol. The maximum atomic E-state index is 5.86. The van der Waals surface area contributed by atoms with Crippen LogP contribution in [0, 0.1) is 23.7 Å². The van der Waals surface area contributed by atoms with Gasteiger partial charge in [-0.3, -0.25) is 0 Å². The van der Waals surface area contributed by atoms with E-state index in [4.69, 9.17) is 11.6 Å². The van der Waals surface area contributed by atoms with Crippen molar-refractivity contribution in [3.63, 3.8) is 0 Å². The fourth-order valence-electron chi connectivity index (χ4n) is 2.72. The van der Waals surface area contributed by atoms with Crippen molar-refractivity contribution in [2.45, 2.75) is 45.4 Å². The van der Waals surface area contributed by atoms with E-state index in [1.54, 1.807) is 0 Å². The summed E-state index contributed by atoms with van der Waals surface area (Å²) in [6.07, 6.45) is 8.03. The second-order valence-electron chi connectivity index (χ2n) is 5.28. The first-order valence-corrected chi connectivity index (χ1v) is 7.43. The molecule has 0 aromatic heterocycles. The second kappa shape index (κ2) is 6.86. The minimum atomic E-state index is 0.605. The van der Waals surface area contributed by atoms with Gasteiger partial charge < -0.3 is 0 Å². The normalized spacial score (nSPS) is 23.2. The lowest BCUT2D eigenvalue weighted by Gasteiger charge is -2.25. The summed E-state index contributed by atoms with van der Waals surface area (Å²) in [5.74, 6) is 8.27. The first-order chi connectivity index (χ1) is 8.78. The summed E-state index contributed by atoms with van der Waals surface area (Å²) in [5.41, 5.74) is 1.08. The number of rotatable bonds is 2. The molecule has 1 saturated carbocycles. The van der Waals surface area contributed by atoms with Gasteiger partial charge in [-0.2, -0.15) is 0 Å². The number of hydrogen-bond acceptors (Lipinski definition) is 0. The third kappa shape index (κ3) is 4.07. The lowest BCUT2D eigenvalue weighted by atomic mass is 9.80. The van der Waals surface area contributed by atoms with Gasteiger partial charge in [-0.05, 0) is 55.9 Å². The topological polar surface area (TPSA) is 0 Å².